The first-order valence-corrected chi connectivity index (χ1v) is 11.7. The Kier molecular flexibility index (Phi) is 8.94. The van der Waals surface area contributed by atoms with Gasteiger partial charge in [-0.1, -0.05) is 19.9 Å². The molecule has 0 radical (unpaired) electrons. The molecule has 1 aromatic carbocycles. The Balaban J connectivity index is 1.49. The maximum atomic E-state index is 11.9. The van der Waals surface area contributed by atoms with Crippen LogP contribution in [-0.4, -0.2) is 67.9 Å². The summed E-state index contributed by atoms with van der Waals surface area (Å²) < 4.78 is 16.8. The van der Waals surface area contributed by atoms with Gasteiger partial charge in [-0.3, -0.25) is 14.5 Å². The van der Waals surface area contributed by atoms with Crippen LogP contribution < -0.4 is 15.4 Å². The van der Waals surface area contributed by atoms with Gasteiger partial charge in [0, 0.05) is 50.3 Å². The van der Waals surface area contributed by atoms with Crippen molar-refractivity contribution in [3.05, 3.63) is 23.8 Å². The minimum atomic E-state index is -0.419. The number of carbonyl (C=O) groups is 3. The molecule has 2 amide bonds. The molecule has 0 bridgehead atoms. The number of likely N-dealkylation sites (tertiary alicyclic amines) is 1. The average molecular weight is 462 g/mol. The van der Waals surface area contributed by atoms with Crippen LogP contribution in [0.5, 0.6) is 5.75 Å². The summed E-state index contributed by atoms with van der Waals surface area (Å²) in [6.45, 7) is 8.13. The molecule has 33 heavy (non-hydrogen) atoms. The summed E-state index contributed by atoms with van der Waals surface area (Å²) >= 11 is 0. The first-order chi connectivity index (χ1) is 15.8. The molecule has 1 unspecified atom stereocenters. The zero-order valence-electron chi connectivity index (χ0n) is 19.7. The van der Waals surface area contributed by atoms with Crippen molar-refractivity contribution in [2.45, 2.75) is 58.6 Å². The number of ether oxygens (including phenoxy) is 3. The lowest BCUT2D eigenvalue weighted by molar-refractivity contribution is -0.149. The van der Waals surface area contributed by atoms with Crippen LogP contribution >= 0.6 is 0 Å². The van der Waals surface area contributed by atoms with E-state index >= 15 is 0 Å². The predicted molar refractivity (Wildman–Crippen MR) is 123 cm³/mol. The summed E-state index contributed by atoms with van der Waals surface area (Å²) in [5, 5.41) is 5.80. The number of piperidine rings is 1. The molecule has 182 valence electrons. The second-order valence-electron chi connectivity index (χ2n) is 9.08. The van der Waals surface area contributed by atoms with Crippen molar-refractivity contribution in [2.75, 3.05) is 38.2 Å². The third-order valence-electron chi connectivity index (χ3n) is 5.69. The summed E-state index contributed by atoms with van der Waals surface area (Å²) in [5.74, 6) is 0.657. The third kappa shape index (κ3) is 7.92. The molecule has 0 aliphatic carbocycles. The number of hydrogen-bond donors (Lipinski definition) is 2. The van der Waals surface area contributed by atoms with E-state index in [2.05, 4.69) is 15.5 Å². The van der Waals surface area contributed by atoms with Crippen molar-refractivity contribution < 1.29 is 28.6 Å². The minimum Gasteiger partial charge on any atom is -0.489 e. The number of esters is 1. The van der Waals surface area contributed by atoms with Crippen LogP contribution in [-0.2, 0) is 25.5 Å². The number of carbonyl (C=O) groups excluding carboxylic acids is 3. The summed E-state index contributed by atoms with van der Waals surface area (Å²) in [6.07, 6.45) is 1.87. The largest absolute Gasteiger partial charge is 0.489 e. The number of nitrogens with one attached hydrogen (secondary N) is 2. The normalized spacial score (nSPS) is 17.6. The first-order valence-electron chi connectivity index (χ1n) is 11.7. The van der Waals surface area contributed by atoms with Gasteiger partial charge in [-0.25, -0.2) is 4.79 Å². The molecule has 1 fully saturated rings. The maximum Gasteiger partial charge on any atom is 0.407 e. The van der Waals surface area contributed by atoms with Gasteiger partial charge in [0.1, 0.15) is 18.5 Å². The molecule has 3 rings (SSSR count). The van der Waals surface area contributed by atoms with E-state index in [4.69, 9.17) is 14.2 Å². The van der Waals surface area contributed by atoms with Crippen molar-refractivity contribution in [3.63, 3.8) is 0 Å². The summed E-state index contributed by atoms with van der Waals surface area (Å²) in [4.78, 5) is 37.4. The average Bonchev–Trinajstić information content (AvgIpc) is 2.76. The molecule has 2 heterocycles. The zero-order chi connectivity index (χ0) is 23.8. The highest BCUT2D eigenvalue weighted by Crippen LogP contribution is 2.31. The van der Waals surface area contributed by atoms with Crippen LogP contribution in [0.4, 0.5) is 10.5 Å². The van der Waals surface area contributed by atoms with Gasteiger partial charge in [0.25, 0.3) is 0 Å². The zero-order valence-corrected chi connectivity index (χ0v) is 19.7. The van der Waals surface area contributed by atoms with E-state index in [0.29, 0.717) is 37.7 Å². The number of nitrogens with zero attached hydrogens (tertiary/aromatic N) is 1. The molecule has 9 nitrogen and oxygen atoms in total. The highest BCUT2D eigenvalue weighted by Gasteiger charge is 2.25. The molecule has 2 aliphatic heterocycles. The van der Waals surface area contributed by atoms with Gasteiger partial charge in [0.2, 0.25) is 5.91 Å². The molecule has 0 aromatic heterocycles. The first kappa shape index (κ1) is 24.8. The Morgan fingerprint density at radius 1 is 1.18 bits per heavy atom. The van der Waals surface area contributed by atoms with Gasteiger partial charge >= 0.3 is 12.1 Å². The van der Waals surface area contributed by atoms with Crippen molar-refractivity contribution in [1.82, 2.24) is 10.2 Å². The van der Waals surface area contributed by atoms with Gasteiger partial charge in [0.15, 0.2) is 0 Å². The number of rotatable bonds is 9. The second kappa shape index (κ2) is 11.9. The lowest BCUT2D eigenvalue weighted by Gasteiger charge is -2.34. The molecule has 9 heteroatoms. The van der Waals surface area contributed by atoms with Crippen LogP contribution in [0.1, 0.15) is 45.6 Å². The van der Waals surface area contributed by atoms with E-state index in [1.807, 2.05) is 32.0 Å². The van der Waals surface area contributed by atoms with Gasteiger partial charge in [-0.2, -0.15) is 0 Å². The molecule has 0 saturated carbocycles. The quantitative estimate of drug-likeness (QED) is 0.545. The summed E-state index contributed by atoms with van der Waals surface area (Å²) in [6, 6.07) is 5.65. The summed E-state index contributed by atoms with van der Waals surface area (Å²) in [7, 11) is 0. The molecular formula is C24H35N3O6. The molecular weight excluding hydrogens is 426 g/mol. The summed E-state index contributed by atoms with van der Waals surface area (Å²) in [5.41, 5.74) is 1.74. The molecule has 1 aromatic rings. The Bertz CT molecular complexity index is 835. The molecule has 1 saturated heterocycles. The van der Waals surface area contributed by atoms with E-state index in [-0.39, 0.29) is 30.6 Å². The number of anilines is 1. The van der Waals surface area contributed by atoms with Gasteiger partial charge < -0.3 is 24.8 Å². The maximum absolute atomic E-state index is 11.9. The topological polar surface area (TPSA) is 106 Å². The van der Waals surface area contributed by atoms with Gasteiger partial charge in [-0.15, -0.1) is 0 Å². The van der Waals surface area contributed by atoms with E-state index in [1.54, 1.807) is 0 Å². The fourth-order valence-corrected chi connectivity index (χ4v) is 4.07. The highest BCUT2D eigenvalue weighted by molar-refractivity contribution is 5.94. The second-order valence-corrected chi connectivity index (χ2v) is 9.08. The lowest BCUT2D eigenvalue weighted by Crippen LogP contribution is -2.48. The Labute approximate surface area is 195 Å². The number of amides is 2. The van der Waals surface area contributed by atoms with Gasteiger partial charge in [-0.05, 0) is 37.3 Å². The monoisotopic (exact) mass is 461 g/mol. The minimum absolute atomic E-state index is 0.00326. The number of fused-ring (bicyclic) bond motifs is 1. The SMILES string of the molecule is CC(=O)OC(COc1cccc2c1CCC(=O)N2)CN1CCC(NC(=O)OCC(C)C)CC1. The Morgan fingerprint density at radius 2 is 1.94 bits per heavy atom. The van der Waals surface area contributed by atoms with E-state index in [1.165, 1.54) is 6.92 Å². The highest BCUT2D eigenvalue weighted by atomic mass is 16.6. The van der Waals surface area contributed by atoms with E-state index < -0.39 is 6.10 Å². The molecule has 0 spiro atoms. The van der Waals surface area contributed by atoms with Crippen molar-refractivity contribution in [1.29, 1.82) is 0 Å². The van der Waals surface area contributed by atoms with E-state index in [9.17, 15) is 14.4 Å². The third-order valence-corrected chi connectivity index (χ3v) is 5.69. The number of hydrogen-bond acceptors (Lipinski definition) is 7. The number of benzene rings is 1. The Morgan fingerprint density at radius 3 is 2.64 bits per heavy atom. The fourth-order valence-electron chi connectivity index (χ4n) is 4.07. The standard InChI is InChI=1S/C24H35N3O6/c1-16(2)14-32-24(30)25-18-9-11-27(12-10-18)13-19(33-17(3)28)15-31-22-6-4-5-21-20(22)7-8-23(29)26-21/h4-6,16,18-19H,7-15H2,1-3H3,(H,25,30)(H,26,29). The van der Waals surface area contributed by atoms with Crippen molar-refractivity contribution in [2.24, 2.45) is 5.92 Å². The van der Waals surface area contributed by atoms with Gasteiger partial charge in [0.05, 0.1) is 6.61 Å². The lowest BCUT2D eigenvalue weighted by atomic mass is 10.0. The fraction of sp³-hybridized carbons (Fsp3) is 0.625. The van der Waals surface area contributed by atoms with Crippen LogP contribution in [0, 0.1) is 5.92 Å². The smallest absolute Gasteiger partial charge is 0.407 e. The van der Waals surface area contributed by atoms with Crippen LogP contribution in [0.2, 0.25) is 0 Å². The van der Waals surface area contributed by atoms with Crippen LogP contribution in [0.25, 0.3) is 0 Å². The molecule has 2 aliphatic rings. The van der Waals surface area contributed by atoms with Crippen molar-refractivity contribution >= 4 is 23.7 Å². The van der Waals surface area contributed by atoms with Crippen LogP contribution in [0.3, 0.4) is 0 Å². The van der Waals surface area contributed by atoms with E-state index in [0.717, 1.165) is 37.2 Å². The molecule has 2 N–H and O–H groups in total. The van der Waals surface area contributed by atoms with Crippen LogP contribution in [0.15, 0.2) is 18.2 Å². The number of alkyl carbamates (subject to hydrolysis) is 1. The predicted octanol–water partition coefficient (Wildman–Crippen LogP) is 2.73. The molecule has 1 atom stereocenters. The Hall–Kier alpha value is -2.81. The van der Waals surface area contributed by atoms with Crippen molar-refractivity contribution in [3.8, 4) is 5.75 Å².